The van der Waals surface area contributed by atoms with Crippen molar-refractivity contribution in [3.8, 4) is 0 Å². The zero-order chi connectivity index (χ0) is 11.6. The summed E-state index contributed by atoms with van der Waals surface area (Å²) in [6, 6.07) is 3.85. The van der Waals surface area contributed by atoms with E-state index in [-0.39, 0.29) is 11.8 Å². The molecule has 1 aromatic carbocycles. The van der Waals surface area contributed by atoms with Gasteiger partial charge in [-0.15, -0.1) is 0 Å². The van der Waals surface area contributed by atoms with Crippen molar-refractivity contribution in [1.29, 1.82) is 0 Å². The summed E-state index contributed by atoms with van der Waals surface area (Å²) in [5, 5.41) is 0. The van der Waals surface area contributed by atoms with Gasteiger partial charge in [0, 0.05) is 6.42 Å². The lowest BCUT2D eigenvalue weighted by atomic mass is 9.94. The summed E-state index contributed by atoms with van der Waals surface area (Å²) in [7, 11) is 0. The standard InChI is InChI=1S/C13H19NO/c1-8-5-9(2)12(10(3)6-8)7-13(15)11(4)14/h5-6,11H,7,14H2,1-4H3. The van der Waals surface area contributed by atoms with Gasteiger partial charge in [-0.1, -0.05) is 17.7 Å². The molecule has 1 rings (SSSR count). The Bertz CT molecular complexity index is 357. The summed E-state index contributed by atoms with van der Waals surface area (Å²) in [4.78, 5) is 11.6. The second kappa shape index (κ2) is 4.58. The summed E-state index contributed by atoms with van der Waals surface area (Å²) in [5.41, 5.74) is 10.3. The second-order valence-corrected chi connectivity index (χ2v) is 4.31. The van der Waals surface area contributed by atoms with Crippen LogP contribution in [-0.4, -0.2) is 11.8 Å². The number of carbonyl (C=O) groups is 1. The van der Waals surface area contributed by atoms with Crippen LogP contribution in [0.3, 0.4) is 0 Å². The molecule has 0 saturated carbocycles. The molecule has 0 aliphatic heterocycles. The predicted octanol–water partition coefficient (Wildman–Crippen LogP) is 2.07. The van der Waals surface area contributed by atoms with Gasteiger partial charge < -0.3 is 5.73 Å². The lowest BCUT2D eigenvalue weighted by Gasteiger charge is -2.11. The molecule has 82 valence electrons. The number of nitrogens with two attached hydrogens (primary N) is 1. The van der Waals surface area contributed by atoms with Crippen molar-refractivity contribution in [1.82, 2.24) is 0 Å². The van der Waals surface area contributed by atoms with Crippen LogP contribution in [0.4, 0.5) is 0 Å². The highest BCUT2D eigenvalue weighted by Crippen LogP contribution is 2.17. The van der Waals surface area contributed by atoms with Gasteiger partial charge >= 0.3 is 0 Å². The summed E-state index contributed by atoms with van der Waals surface area (Å²) in [6.07, 6.45) is 0.454. The highest BCUT2D eigenvalue weighted by molar-refractivity contribution is 5.86. The van der Waals surface area contributed by atoms with Gasteiger partial charge in [0.1, 0.15) is 0 Å². The summed E-state index contributed by atoms with van der Waals surface area (Å²) >= 11 is 0. The Morgan fingerprint density at radius 1 is 1.27 bits per heavy atom. The number of benzene rings is 1. The third-order valence-corrected chi connectivity index (χ3v) is 2.70. The molecule has 15 heavy (non-hydrogen) atoms. The third kappa shape index (κ3) is 2.90. The number of aryl methyl sites for hydroxylation is 3. The van der Waals surface area contributed by atoms with Gasteiger partial charge in [-0.3, -0.25) is 4.79 Å². The molecule has 0 amide bonds. The van der Waals surface area contributed by atoms with E-state index in [1.807, 2.05) is 13.8 Å². The van der Waals surface area contributed by atoms with Crippen molar-refractivity contribution in [2.75, 3.05) is 0 Å². The zero-order valence-electron chi connectivity index (χ0n) is 9.92. The second-order valence-electron chi connectivity index (χ2n) is 4.31. The van der Waals surface area contributed by atoms with Gasteiger partial charge in [-0.25, -0.2) is 0 Å². The average Bonchev–Trinajstić information content (AvgIpc) is 2.10. The molecule has 0 spiro atoms. The van der Waals surface area contributed by atoms with Crippen LogP contribution in [0.2, 0.25) is 0 Å². The van der Waals surface area contributed by atoms with Crippen molar-refractivity contribution in [2.24, 2.45) is 5.73 Å². The van der Waals surface area contributed by atoms with Crippen LogP contribution in [0.15, 0.2) is 12.1 Å². The topological polar surface area (TPSA) is 43.1 Å². The van der Waals surface area contributed by atoms with Crippen LogP contribution in [0, 0.1) is 20.8 Å². The van der Waals surface area contributed by atoms with Gasteiger partial charge in [0.25, 0.3) is 0 Å². The minimum Gasteiger partial charge on any atom is -0.322 e. The fraction of sp³-hybridized carbons (Fsp3) is 0.462. The highest BCUT2D eigenvalue weighted by Gasteiger charge is 2.12. The first kappa shape index (κ1) is 11.9. The SMILES string of the molecule is Cc1cc(C)c(CC(=O)C(C)N)c(C)c1. The molecule has 0 fully saturated rings. The Morgan fingerprint density at radius 2 is 1.73 bits per heavy atom. The van der Waals surface area contributed by atoms with Crippen molar-refractivity contribution >= 4 is 5.78 Å². The third-order valence-electron chi connectivity index (χ3n) is 2.70. The zero-order valence-corrected chi connectivity index (χ0v) is 9.92. The number of rotatable bonds is 3. The van der Waals surface area contributed by atoms with Gasteiger partial charge in [-0.2, -0.15) is 0 Å². The molecule has 0 heterocycles. The Kier molecular flexibility index (Phi) is 3.64. The lowest BCUT2D eigenvalue weighted by molar-refractivity contribution is -0.119. The Morgan fingerprint density at radius 3 is 2.13 bits per heavy atom. The van der Waals surface area contributed by atoms with E-state index in [1.54, 1.807) is 6.92 Å². The van der Waals surface area contributed by atoms with Crippen molar-refractivity contribution in [2.45, 2.75) is 40.2 Å². The predicted molar refractivity (Wildman–Crippen MR) is 63.0 cm³/mol. The molecule has 2 nitrogen and oxygen atoms in total. The van der Waals surface area contributed by atoms with E-state index in [2.05, 4.69) is 19.1 Å². The Labute approximate surface area is 91.5 Å². The summed E-state index contributed by atoms with van der Waals surface area (Å²) in [6.45, 7) is 7.89. The van der Waals surface area contributed by atoms with Crippen LogP contribution in [0.25, 0.3) is 0 Å². The monoisotopic (exact) mass is 205 g/mol. The molecule has 1 atom stereocenters. The van der Waals surface area contributed by atoms with E-state index >= 15 is 0 Å². The first-order valence-electron chi connectivity index (χ1n) is 5.27. The van der Waals surface area contributed by atoms with Gasteiger partial charge in [0.2, 0.25) is 0 Å². The normalized spacial score (nSPS) is 12.6. The quantitative estimate of drug-likeness (QED) is 0.821. The first-order chi connectivity index (χ1) is 6.91. The number of carbonyl (C=O) groups excluding carboxylic acids is 1. The van der Waals surface area contributed by atoms with Crippen LogP contribution in [0.5, 0.6) is 0 Å². The number of hydrogen-bond acceptors (Lipinski definition) is 2. The molecule has 2 N–H and O–H groups in total. The van der Waals surface area contributed by atoms with Crippen LogP contribution in [-0.2, 0) is 11.2 Å². The fourth-order valence-electron chi connectivity index (χ4n) is 1.82. The Balaban J connectivity index is 3.00. The number of ketones is 1. The average molecular weight is 205 g/mol. The Hall–Kier alpha value is -1.15. The molecular weight excluding hydrogens is 186 g/mol. The van der Waals surface area contributed by atoms with Crippen molar-refractivity contribution < 1.29 is 4.79 Å². The molecule has 0 aliphatic rings. The maximum atomic E-state index is 11.6. The smallest absolute Gasteiger partial charge is 0.153 e. The largest absolute Gasteiger partial charge is 0.322 e. The molecule has 0 saturated heterocycles. The number of hydrogen-bond donors (Lipinski definition) is 1. The van der Waals surface area contributed by atoms with E-state index < -0.39 is 0 Å². The van der Waals surface area contributed by atoms with E-state index in [4.69, 9.17) is 5.73 Å². The van der Waals surface area contributed by atoms with Crippen molar-refractivity contribution in [3.05, 3.63) is 34.4 Å². The molecule has 0 bridgehead atoms. The fourth-order valence-corrected chi connectivity index (χ4v) is 1.82. The maximum absolute atomic E-state index is 11.6. The number of Topliss-reactive ketones (excluding diaryl/α,β-unsaturated/α-hetero) is 1. The molecular formula is C13H19NO. The van der Waals surface area contributed by atoms with E-state index in [9.17, 15) is 4.79 Å². The minimum atomic E-state index is -0.370. The van der Waals surface area contributed by atoms with E-state index in [0.29, 0.717) is 6.42 Å². The minimum absolute atomic E-state index is 0.102. The molecule has 0 aliphatic carbocycles. The molecule has 1 unspecified atom stereocenters. The molecule has 1 aromatic rings. The first-order valence-corrected chi connectivity index (χ1v) is 5.27. The summed E-state index contributed by atoms with van der Waals surface area (Å²) in [5.74, 6) is 0.102. The molecule has 0 radical (unpaired) electrons. The van der Waals surface area contributed by atoms with Crippen LogP contribution in [0.1, 0.15) is 29.2 Å². The van der Waals surface area contributed by atoms with Gasteiger partial charge in [0.15, 0.2) is 5.78 Å². The van der Waals surface area contributed by atoms with Crippen LogP contribution < -0.4 is 5.73 Å². The van der Waals surface area contributed by atoms with E-state index in [1.165, 1.54) is 16.7 Å². The molecule has 2 heteroatoms. The van der Waals surface area contributed by atoms with Crippen LogP contribution >= 0.6 is 0 Å². The van der Waals surface area contributed by atoms with E-state index in [0.717, 1.165) is 5.56 Å². The highest BCUT2D eigenvalue weighted by atomic mass is 16.1. The van der Waals surface area contributed by atoms with Crippen molar-refractivity contribution in [3.63, 3.8) is 0 Å². The molecule has 0 aromatic heterocycles. The lowest BCUT2D eigenvalue weighted by Crippen LogP contribution is -2.28. The summed E-state index contributed by atoms with van der Waals surface area (Å²) < 4.78 is 0. The maximum Gasteiger partial charge on any atom is 0.153 e. The van der Waals surface area contributed by atoms with Gasteiger partial charge in [0.05, 0.1) is 6.04 Å². The van der Waals surface area contributed by atoms with Gasteiger partial charge in [-0.05, 0) is 44.4 Å².